The summed E-state index contributed by atoms with van der Waals surface area (Å²) in [6.45, 7) is 8.09. The minimum absolute atomic E-state index is 0.180. The molecule has 1 aliphatic rings. The van der Waals surface area contributed by atoms with Crippen LogP contribution >= 0.6 is 0 Å². The molecule has 0 spiro atoms. The zero-order valence-corrected chi connectivity index (χ0v) is 18.5. The van der Waals surface area contributed by atoms with Crippen molar-refractivity contribution >= 4 is 28.7 Å². The van der Waals surface area contributed by atoms with Gasteiger partial charge in [0.2, 0.25) is 0 Å². The molecule has 1 amide bonds. The van der Waals surface area contributed by atoms with Crippen LogP contribution in [0.5, 0.6) is 0 Å². The summed E-state index contributed by atoms with van der Waals surface area (Å²) in [6, 6.07) is 9.81. The Labute approximate surface area is 186 Å². The SMILES string of the molecule is C=Cc1cc(C(=O)Nc2cccc(C3(c4nncn4C)CC(C)C3)c2)nc2c(C)c[nH]c12. The van der Waals surface area contributed by atoms with E-state index < -0.39 is 0 Å². The largest absolute Gasteiger partial charge is 0.359 e. The Morgan fingerprint density at radius 3 is 2.84 bits per heavy atom. The molecule has 162 valence electrons. The van der Waals surface area contributed by atoms with Gasteiger partial charge in [-0.05, 0) is 55.0 Å². The number of nitrogens with one attached hydrogen (secondary N) is 2. The number of hydrogen-bond acceptors (Lipinski definition) is 4. The fraction of sp³-hybridized carbons (Fsp3) is 0.280. The summed E-state index contributed by atoms with van der Waals surface area (Å²) in [4.78, 5) is 20.9. The highest BCUT2D eigenvalue weighted by Crippen LogP contribution is 2.51. The molecule has 2 N–H and O–H groups in total. The standard InChI is InChI=1S/C25H26N6O/c1-5-17-9-20(29-21-16(3)13-26-22(17)21)23(32)28-19-8-6-7-18(10-19)25(11-15(2)12-25)24-30-27-14-31(24)4/h5-10,13-15,26H,1,11-12H2,2-4H3,(H,28,32). The molecular weight excluding hydrogens is 400 g/mol. The van der Waals surface area contributed by atoms with Gasteiger partial charge < -0.3 is 14.9 Å². The van der Waals surface area contributed by atoms with E-state index in [2.05, 4.69) is 45.1 Å². The molecule has 1 aliphatic carbocycles. The first-order valence-corrected chi connectivity index (χ1v) is 10.8. The second kappa shape index (κ2) is 7.44. The summed E-state index contributed by atoms with van der Waals surface area (Å²) >= 11 is 0. The van der Waals surface area contributed by atoms with Gasteiger partial charge in [0.05, 0.1) is 16.4 Å². The van der Waals surface area contributed by atoms with Gasteiger partial charge in [0.25, 0.3) is 5.91 Å². The Hall–Kier alpha value is -3.74. The highest BCUT2D eigenvalue weighted by atomic mass is 16.1. The van der Waals surface area contributed by atoms with Gasteiger partial charge in [0, 0.05) is 24.5 Å². The third-order valence-corrected chi connectivity index (χ3v) is 6.52. The zero-order valence-electron chi connectivity index (χ0n) is 18.5. The number of aromatic amines is 1. The van der Waals surface area contributed by atoms with Crippen LogP contribution in [0.3, 0.4) is 0 Å². The van der Waals surface area contributed by atoms with E-state index in [1.54, 1.807) is 18.5 Å². The Bertz CT molecular complexity index is 1340. The molecule has 1 fully saturated rings. The van der Waals surface area contributed by atoms with Gasteiger partial charge in [-0.25, -0.2) is 4.98 Å². The average Bonchev–Trinajstić information content (AvgIpc) is 3.36. The van der Waals surface area contributed by atoms with Crippen molar-refractivity contribution in [3.63, 3.8) is 0 Å². The lowest BCUT2D eigenvalue weighted by Gasteiger charge is -2.46. The van der Waals surface area contributed by atoms with Crippen LogP contribution in [0.15, 0.2) is 49.4 Å². The maximum Gasteiger partial charge on any atom is 0.274 e. The molecule has 7 nitrogen and oxygen atoms in total. The maximum absolute atomic E-state index is 13.1. The van der Waals surface area contributed by atoms with Crippen molar-refractivity contribution in [1.29, 1.82) is 0 Å². The third kappa shape index (κ3) is 3.12. The van der Waals surface area contributed by atoms with Crippen molar-refractivity contribution in [2.75, 3.05) is 5.32 Å². The number of rotatable bonds is 5. The molecule has 4 aromatic rings. The zero-order chi connectivity index (χ0) is 22.5. The minimum atomic E-state index is -0.248. The van der Waals surface area contributed by atoms with E-state index in [1.807, 2.05) is 42.9 Å². The predicted molar refractivity (Wildman–Crippen MR) is 125 cm³/mol. The Kier molecular flexibility index (Phi) is 4.69. The molecule has 0 bridgehead atoms. The molecule has 0 radical (unpaired) electrons. The van der Waals surface area contributed by atoms with Crippen LogP contribution < -0.4 is 5.32 Å². The number of benzene rings is 1. The smallest absolute Gasteiger partial charge is 0.274 e. The van der Waals surface area contributed by atoms with Crippen molar-refractivity contribution in [3.05, 3.63) is 77.6 Å². The quantitative estimate of drug-likeness (QED) is 0.488. The second-order valence-corrected chi connectivity index (χ2v) is 8.89. The van der Waals surface area contributed by atoms with Crippen LogP contribution in [-0.4, -0.2) is 30.6 Å². The number of aryl methyl sites for hydroxylation is 2. The van der Waals surface area contributed by atoms with E-state index in [-0.39, 0.29) is 11.3 Å². The van der Waals surface area contributed by atoms with E-state index >= 15 is 0 Å². The van der Waals surface area contributed by atoms with Crippen LogP contribution in [0.1, 0.15) is 52.8 Å². The Morgan fingerprint density at radius 1 is 1.34 bits per heavy atom. The molecule has 0 unspecified atom stereocenters. The number of fused-ring (bicyclic) bond motifs is 1. The number of amides is 1. The summed E-state index contributed by atoms with van der Waals surface area (Å²) in [6.07, 6.45) is 7.38. The number of carbonyl (C=O) groups excluding carboxylic acids is 1. The molecule has 3 aromatic heterocycles. The highest BCUT2D eigenvalue weighted by molar-refractivity contribution is 6.05. The van der Waals surface area contributed by atoms with E-state index in [1.165, 1.54) is 0 Å². The van der Waals surface area contributed by atoms with Gasteiger partial charge >= 0.3 is 0 Å². The molecule has 0 saturated heterocycles. The monoisotopic (exact) mass is 426 g/mol. The van der Waals surface area contributed by atoms with Gasteiger partial charge in [-0.1, -0.05) is 31.7 Å². The number of anilines is 1. The normalized spacial score (nSPS) is 20.2. The Balaban J connectivity index is 1.48. The molecule has 0 atom stereocenters. The molecule has 7 heteroatoms. The number of aromatic nitrogens is 5. The lowest BCUT2D eigenvalue weighted by Crippen LogP contribution is -2.43. The van der Waals surface area contributed by atoms with Gasteiger partial charge in [0.15, 0.2) is 0 Å². The van der Waals surface area contributed by atoms with Crippen molar-refractivity contribution in [2.45, 2.75) is 32.1 Å². The lowest BCUT2D eigenvalue weighted by molar-refractivity contribution is 0.102. The Morgan fingerprint density at radius 2 is 2.16 bits per heavy atom. The fourth-order valence-corrected chi connectivity index (χ4v) is 5.01. The number of H-pyrrole nitrogens is 1. The van der Waals surface area contributed by atoms with E-state index in [0.29, 0.717) is 11.6 Å². The topological polar surface area (TPSA) is 88.5 Å². The van der Waals surface area contributed by atoms with Crippen LogP contribution in [0.25, 0.3) is 17.1 Å². The number of hydrogen-bond donors (Lipinski definition) is 2. The third-order valence-electron chi connectivity index (χ3n) is 6.52. The number of pyridine rings is 1. The van der Waals surface area contributed by atoms with E-state index in [9.17, 15) is 4.79 Å². The average molecular weight is 427 g/mol. The fourth-order valence-electron chi connectivity index (χ4n) is 5.01. The molecule has 32 heavy (non-hydrogen) atoms. The van der Waals surface area contributed by atoms with E-state index in [0.717, 1.165) is 52.1 Å². The summed E-state index contributed by atoms with van der Waals surface area (Å²) < 4.78 is 1.99. The lowest BCUT2D eigenvalue weighted by atomic mass is 9.58. The van der Waals surface area contributed by atoms with Gasteiger partial charge in [0.1, 0.15) is 17.8 Å². The second-order valence-electron chi connectivity index (χ2n) is 8.89. The molecule has 5 rings (SSSR count). The van der Waals surface area contributed by atoms with Crippen molar-refractivity contribution < 1.29 is 4.79 Å². The number of nitrogens with zero attached hydrogens (tertiary/aromatic N) is 4. The van der Waals surface area contributed by atoms with Crippen molar-refractivity contribution in [2.24, 2.45) is 13.0 Å². The predicted octanol–water partition coefficient (Wildman–Crippen LogP) is 4.61. The molecule has 1 aromatic carbocycles. The van der Waals surface area contributed by atoms with E-state index in [4.69, 9.17) is 0 Å². The van der Waals surface area contributed by atoms with Crippen molar-refractivity contribution in [3.8, 4) is 0 Å². The van der Waals surface area contributed by atoms with Crippen LogP contribution in [0, 0.1) is 12.8 Å². The summed E-state index contributed by atoms with van der Waals surface area (Å²) in [7, 11) is 1.98. The van der Waals surface area contributed by atoms with Crippen LogP contribution in [-0.2, 0) is 12.5 Å². The molecule has 0 aliphatic heterocycles. The first-order valence-electron chi connectivity index (χ1n) is 10.8. The van der Waals surface area contributed by atoms with Gasteiger partial charge in [-0.3, -0.25) is 4.79 Å². The van der Waals surface area contributed by atoms with Crippen LogP contribution in [0.2, 0.25) is 0 Å². The molecule has 1 saturated carbocycles. The molecular formula is C25H26N6O. The van der Waals surface area contributed by atoms with Gasteiger partial charge in [-0.2, -0.15) is 0 Å². The van der Waals surface area contributed by atoms with Gasteiger partial charge in [-0.15, -0.1) is 10.2 Å². The summed E-state index contributed by atoms with van der Waals surface area (Å²) in [5, 5.41) is 11.5. The van der Waals surface area contributed by atoms with Crippen molar-refractivity contribution in [1.82, 2.24) is 24.7 Å². The summed E-state index contributed by atoms with van der Waals surface area (Å²) in [5.41, 5.74) is 5.58. The highest BCUT2D eigenvalue weighted by Gasteiger charge is 2.48. The first-order chi connectivity index (χ1) is 15.4. The summed E-state index contributed by atoms with van der Waals surface area (Å²) in [5.74, 6) is 1.33. The molecule has 3 heterocycles. The minimum Gasteiger partial charge on any atom is -0.359 e. The maximum atomic E-state index is 13.1. The van der Waals surface area contributed by atoms with Crippen LogP contribution in [0.4, 0.5) is 5.69 Å². The first kappa shape index (κ1) is 20.2. The number of carbonyl (C=O) groups is 1.